The van der Waals surface area contributed by atoms with Crippen molar-refractivity contribution in [3.8, 4) is 11.8 Å². The van der Waals surface area contributed by atoms with Crippen LogP contribution < -0.4 is 15.4 Å². The molecule has 2 aromatic rings. The molecule has 0 spiro atoms. The summed E-state index contributed by atoms with van der Waals surface area (Å²) in [6.45, 7) is 0.949. The standard InChI is InChI=1S/C19H20N4O2/c1-25-18-6-4-15(5-7-18)8-10-22-14-17(11-20)19(24)23-13-16-3-2-9-21-12-16/h2-7,9,12,14,22H,8,10,13H2,1H3,(H,23,24)/b17-14-. The fourth-order valence-electron chi connectivity index (χ4n) is 2.11. The van der Waals surface area contributed by atoms with Gasteiger partial charge in [-0.05, 0) is 35.7 Å². The Bertz CT molecular complexity index is 749. The van der Waals surface area contributed by atoms with Gasteiger partial charge in [0.25, 0.3) is 5.91 Å². The molecule has 0 aliphatic rings. The molecule has 6 heteroatoms. The number of carbonyl (C=O) groups excluding carboxylic acids is 1. The largest absolute Gasteiger partial charge is 0.497 e. The molecular weight excluding hydrogens is 316 g/mol. The van der Waals surface area contributed by atoms with Crippen molar-refractivity contribution in [2.24, 2.45) is 0 Å². The summed E-state index contributed by atoms with van der Waals surface area (Å²) in [5, 5.41) is 14.8. The van der Waals surface area contributed by atoms with Gasteiger partial charge in [0.05, 0.1) is 7.11 Å². The Morgan fingerprint density at radius 2 is 2.08 bits per heavy atom. The molecule has 0 unspecified atom stereocenters. The van der Waals surface area contributed by atoms with E-state index in [4.69, 9.17) is 10.00 Å². The molecule has 1 heterocycles. The summed E-state index contributed by atoms with van der Waals surface area (Å²) in [7, 11) is 1.63. The zero-order valence-electron chi connectivity index (χ0n) is 14.0. The summed E-state index contributed by atoms with van der Waals surface area (Å²) >= 11 is 0. The number of nitrogens with zero attached hydrogens (tertiary/aromatic N) is 2. The van der Waals surface area contributed by atoms with Crippen molar-refractivity contribution in [1.29, 1.82) is 5.26 Å². The average Bonchev–Trinajstić information content (AvgIpc) is 2.67. The second-order valence-corrected chi connectivity index (χ2v) is 5.27. The maximum atomic E-state index is 12.0. The fourth-order valence-corrected chi connectivity index (χ4v) is 2.11. The number of hydrogen-bond acceptors (Lipinski definition) is 5. The lowest BCUT2D eigenvalue weighted by Crippen LogP contribution is -2.25. The average molecular weight is 336 g/mol. The molecule has 0 radical (unpaired) electrons. The Labute approximate surface area is 147 Å². The predicted octanol–water partition coefficient (Wildman–Crippen LogP) is 1.95. The Balaban J connectivity index is 1.78. The number of aromatic nitrogens is 1. The van der Waals surface area contributed by atoms with Crippen LogP contribution in [0.4, 0.5) is 0 Å². The molecule has 0 aliphatic carbocycles. The maximum absolute atomic E-state index is 12.0. The highest BCUT2D eigenvalue weighted by atomic mass is 16.5. The number of pyridine rings is 1. The van der Waals surface area contributed by atoms with Gasteiger partial charge < -0.3 is 15.4 Å². The van der Waals surface area contributed by atoms with Gasteiger partial charge in [0.15, 0.2) is 0 Å². The number of nitrogens with one attached hydrogen (secondary N) is 2. The number of hydrogen-bond donors (Lipinski definition) is 2. The SMILES string of the molecule is COc1ccc(CCN/C=C(/C#N)C(=O)NCc2cccnc2)cc1. The topological polar surface area (TPSA) is 87.0 Å². The molecule has 128 valence electrons. The molecule has 25 heavy (non-hydrogen) atoms. The first-order chi connectivity index (χ1) is 12.2. The summed E-state index contributed by atoms with van der Waals surface area (Å²) in [5.74, 6) is 0.400. The molecule has 1 aromatic heterocycles. The van der Waals surface area contributed by atoms with E-state index in [9.17, 15) is 4.79 Å². The van der Waals surface area contributed by atoms with Crippen molar-refractivity contribution in [3.05, 3.63) is 71.7 Å². The Morgan fingerprint density at radius 1 is 1.28 bits per heavy atom. The molecule has 0 saturated heterocycles. The van der Waals surface area contributed by atoms with E-state index in [0.717, 1.165) is 23.3 Å². The van der Waals surface area contributed by atoms with E-state index in [1.54, 1.807) is 25.6 Å². The van der Waals surface area contributed by atoms with Gasteiger partial charge in [0.2, 0.25) is 0 Å². The van der Waals surface area contributed by atoms with E-state index in [2.05, 4.69) is 15.6 Å². The summed E-state index contributed by atoms with van der Waals surface area (Å²) < 4.78 is 5.11. The molecule has 0 bridgehead atoms. The molecule has 2 N–H and O–H groups in total. The van der Waals surface area contributed by atoms with Crippen molar-refractivity contribution >= 4 is 5.91 Å². The first kappa shape index (κ1) is 18.0. The molecule has 2 rings (SSSR count). The summed E-state index contributed by atoms with van der Waals surface area (Å²) in [5.41, 5.74) is 2.06. The number of methoxy groups -OCH3 is 1. The van der Waals surface area contributed by atoms with Crippen molar-refractivity contribution in [1.82, 2.24) is 15.6 Å². The fraction of sp³-hybridized carbons (Fsp3) is 0.211. The van der Waals surface area contributed by atoms with Crippen LogP contribution in [0.1, 0.15) is 11.1 Å². The van der Waals surface area contributed by atoms with Crippen LogP contribution in [0.25, 0.3) is 0 Å². The van der Waals surface area contributed by atoms with Crippen LogP contribution in [0.3, 0.4) is 0 Å². The third-order valence-electron chi connectivity index (χ3n) is 3.50. The molecule has 1 amide bonds. The monoisotopic (exact) mass is 336 g/mol. The van der Waals surface area contributed by atoms with Crippen molar-refractivity contribution in [3.63, 3.8) is 0 Å². The Kier molecular flexibility index (Phi) is 7.01. The van der Waals surface area contributed by atoms with E-state index >= 15 is 0 Å². The van der Waals surface area contributed by atoms with Crippen LogP contribution in [-0.4, -0.2) is 24.5 Å². The molecule has 6 nitrogen and oxygen atoms in total. The van der Waals surface area contributed by atoms with Gasteiger partial charge in [0, 0.05) is 31.7 Å². The lowest BCUT2D eigenvalue weighted by molar-refractivity contribution is -0.117. The zero-order valence-corrected chi connectivity index (χ0v) is 14.0. The van der Waals surface area contributed by atoms with Crippen LogP contribution in [0.5, 0.6) is 5.75 Å². The molecule has 0 atom stereocenters. The van der Waals surface area contributed by atoms with Crippen LogP contribution in [0.2, 0.25) is 0 Å². The van der Waals surface area contributed by atoms with Gasteiger partial charge in [-0.1, -0.05) is 18.2 Å². The summed E-state index contributed by atoms with van der Waals surface area (Å²) in [6, 6.07) is 13.3. The highest BCUT2D eigenvalue weighted by Gasteiger charge is 2.08. The number of nitriles is 1. The smallest absolute Gasteiger partial charge is 0.263 e. The predicted molar refractivity (Wildman–Crippen MR) is 94.5 cm³/mol. The number of rotatable bonds is 8. The Morgan fingerprint density at radius 3 is 2.72 bits per heavy atom. The number of benzene rings is 1. The second-order valence-electron chi connectivity index (χ2n) is 5.27. The number of carbonyl (C=O) groups is 1. The van der Waals surface area contributed by atoms with Gasteiger partial charge in [-0.25, -0.2) is 0 Å². The van der Waals surface area contributed by atoms with Crippen LogP contribution in [0.15, 0.2) is 60.6 Å². The van der Waals surface area contributed by atoms with Crippen molar-refractivity contribution in [2.45, 2.75) is 13.0 Å². The minimum Gasteiger partial charge on any atom is -0.497 e. The first-order valence-corrected chi connectivity index (χ1v) is 7.86. The van der Waals surface area contributed by atoms with Crippen LogP contribution >= 0.6 is 0 Å². The van der Waals surface area contributed by atoms with Gasteiger partial charge >= 0.3 is 0 Å². The lowest BCUT2D eigenvalue weighted by Gasteiger charge is -2.06. The first-order valence-electron chi connectivity index (χ1n) is 7.86. The molecule has 0 saturated carbocycles. The maximum Gasteiger partial charge on any atom is 0.263 e. The van der Waals surface area contributed by atoms with Gasteiger partial charge in [-0.15, -0.1) is 0 Å². The number of amides is 1. The van der Waals surface area contributed by atoms with E-state index in [1.807, 2.05) is 36.4 Å². The molecule has 0 fully saturated rings. The van der Waals surface area contributed by atoms with E-state index in [1.165, 1.54) is 6.20 Å². The van der Waals surface area contributed by atoms with Gasteiger partial charge in [-0.3, -0.25) is 9.78 Å². The minimum absolute atomic E-state index is 0.0404. The Hall–Kier alpha value is -3.33. The minimum atomic E-state index is -0.414. The normalized spacial score (nSPS) is 10.6. The van der Waals surface area contributed by atoms with E-state index < -0.39 is 5.91 Å². The van der Waals surface area contributed by atoms with Gasteiger partial charge in [0.1, 0.15) is 17.4 Å². The highest BCUT2D eigenvalue weighted by molar-refractivity contribution is 5.97. The quantitative estimate of drug-likeness (QED) is 0.437. The lowest BCUT2D eigenvalue weighted by atomic mass is 10.1. The molecule has 1 aromatic carbocycles. The molecule has 0 aliphatic heterocycles. The molecular formula is C19H20N4O2. The highest BCUT2D eigenvalue weighted by Crippen LogP contribution is 2.11. The summed E-state index contributed by atoms with van der Waals surface area (Å²) in [4.78, 5) is 16.0. The third-order valence-corrected chi connectivity index (χ3v) is 3.50. The third kappa shape index (κ3) is 5.99. The van der Waals surface area contributed by atoms with Crippen LogP contribution in [0, 0.1) is 11.3 Å². The van der Waals surface area contributed by atoms with Gasteiger partial charge in [-0.2, -0.15) is 5.26 Å². The van der Waals surface area contributed by atoms with Crippen molar-refractivity contribution < 1.29 is 9.53 Å². The second kappa shape index (κ2) is 9.73. The van der Waals surface area contributed by atoms with Crippen molar-refractivity contribution in [2.75, 3.05) is 13.7 Å². The zero-order chi connectivity index (χ0) is 17.9. The number of ether oxygens (including phenoxy) is 1. The van der Waals surface area contributed by atoms with E-state index in [-0.39, 0.29) is 5.57 Å². The van der Waals surface area contributed by atoms with E-state index in [0.29, 0.717) is 13.1 Å². The summed E-state index contributed by atoms with van der Waals surface area (Å²) in [6.07, 6.45) is 5.56. The van der Waals surface area contributed by atoms with Crippen LogP contribution in [-0.2, 0) is 17.8 Å².